The van der Waals surface area contributed by atoms with Crippen molar-refractivity contribution in [2.45, 2.75) is 6.18 Å². The number of aromatic hydroxyl groups is 1. The van der Waals surface area contributed by atoms with Crippen LogP contribution in [-0.4, -0.2) is 5.11 Å². The van der Waals surface area contributed by atoms with Gasteiger partial charge in [-0.3, -0.25) is 0 Å². The van der Waals surface area contributed by atoms with Crippen molar-refractivity contribution in [2.24, 2.45) is 0 Å². The Bertz CT molecular complexity index is 561. The Morgan fingerprint density at radius 1 is 0.944 bits per heavy atom. The molecular formula is C13H8ClF3O. The lowest BCUT2D eigenvalue weighted by Crippen LogP contribution is -2.04. The Labute approximate surface area is 106 Å². The van der Waals surface area contributed by atoms with Gasteiger partial charge in [-0.25, -0.2) is 0 Å². The molecule has 0 aliphatic rings. The van der Waals surface area contributed by atoms with Gasteiger partial charge in [0.05, 0.1) is 5.56 Å². The van der Waals surface area contributed by atoms with Gasteiger partial charge < -0.3 is 5.11 Å². The largest absolute Gasteiger partial charge is 0.508 e. The Balaban J connectivity index is 2.53. The van der Waals surface area contributed by atoms with Crippen molar-refractivity contribution < 1.29 is 18.3 Å². The maximum atomic E-state index is 12.6. The van der Waals surface area contributed by atoms with E-state index in [1.807, 2.05) is 0 Å². The van der Waals surface area contributed by atoms with E-state index in [0.29, 0.717) is 5.56 Å². The minimum absolute atomic E-state index is 0.0434. The van der Waals surface area contributed by atoms with Gasteiger partial charge in [0.1, 0.15) is 5.75 Å². The molecule has 2 rings (SSSR count). The number of halogens is 4. The van der Waals surface area contributed by atoms with Crippen LogP contribution < -0.4 is 0 Å². The first-order valence-electron chi connectivity index (χ1n) is 5.04. The van der Waals surface area contributed by atoms with Crippen LogP contribution in [0.5, 0.6) is 5.75 Å². The van der Waals surface area contributed by atoms with Gasteiger partial charge in [-0.05, 0) is 35.9 Å². The molecule has 0 bridgehead atoms. The number of phenols is 1. The van der Waals surface area contributed by atoms with Crippen molar-refractivity contribution in [3.63, 3.8) is 0 Å². The number of alkyl halides is 3. The Kier molecular flexibility index (Phi) is 3.22. The molecule has 0 aromatic heterocycles. The van der Waals surface area contributed by atoms with Crippen LogP contribution >= 0.6 is 11.6 Å². The van der Waals surface area contributed by atoms with Gasteiger partial charge >= 0.3 is 6.18 Å². The first-order valence-corrected chi connectivity index (χ1v) is 5.42. The van der Waals surface area contributed by atoms with Crippen LogP contribution in [0, 0.1) is 0 Å². The van der Waals surface area contributed by atoms with Crippen LogP contribution in [-0.2, 0) is 6.18 Å². The lowest BCUT2D eigenvalue weighted by molar-refractivity contribution is -0.137. The van der Waals surface area contributed by atoms with E-state index in [2.05, 4.69) is 0 Å². The maximum absolute atomic E-state index is 12.6. The predicted octanol–water partition coefficient (Wildman–Crippen LogP) is 4.73. The van der Waals surface area contributed by atoms with E-state index in [1.165, 1.54) is 30.3 Å². The van der Waals surface area contributed by atoms with Crippen molar-refractivity contribution in [3.8, 4) is 16.9 Å². The zero-order valence-corrected chi connectivity index (χ0v) is 9.76. The average molecular weight is 273 g/mol. The molecule has 94 valence electrons. The van der Waals surface area contributed by atoms with Crippen molar-refractivity contribution in [2.75, 3.05) is 0 Å². The van der Waals surface area contributed by atoms with E-state index in [0.717, 1.165) is 12.1 Å². The smallest absolute Gasteiger partial charge is 0.416 e. The Morgan fingerprint density at radius 2 is 1.56 bits per heavy atom. The van der Waals surface area contributed by atoms with Gasteiger partial charge in [0, 0.05) is 10.6 Å². The standard InChI is InChI=1S/C13H8ClF3O/c14-12-6-3-9(13(15,16)17)7-11(12)8-1-4-10(18)5-2-8/h1-7,18H. The van der Waals surface area contributed by atoms with Crippen LogP contribution in [0.2, 0.25) is 5.02 Å². The summed E-state index contributed by atoms with van der Waals surface area (Å²) in [5.41, 5.74) is 0.0466. The van der Waals surface area contributed by atoms with E-state index < -0.39 is 11.7 Å². The molecule has 0 spiro atoms. The molecule has 0 radical (unpaired) electrons. The van der Waals surface area contributed by atoms with Gasteiger partial charge in [-0.1, -0.05) is 23.7 Å². The number of hydrogen-bond acceptors (Lipinski definition) is 1. The molecule has 5 heteroatoms. The number of rotatable bonds is 1. The van der Waals surface area contributed by atoms with Crippen molar-refractivity contribution in [3.05, 3.63) is 53.1 Å². The molecule has 0 saturated carbocycles. The molecule has 0 heterocycles. The molecule has 2 aromatic rings. The van der Waals surface area contributed by atoms with E-state index in [-0.39, 0.29) is 16.3 Å². The highest BCUT2D eigenvalue weighted by molar-refractivity contribution is 6.33. The fourth-order valence-corrected chi connectivity index (χ4v) is 1.79. The van der Waals surface area contributed by atoms with E-state index in [9.17, 15) is 13.2 Å². The molecule has 0 fully saturated rings. The van der Waals surface area contributed by atoms with Crippen LogP contribution in [0.25, 0.3) is 11.1 Å². The van der Waals surface area contributed by atoms with Gasteiger partial charge in [0.2, 0.25) is 0 Å². The molecule has 1 nitrogen and oxygen atoms in total. The summed E-state index contributed by atoms with van der Waals surface area (Å²) in [6, 6.07) is 8.96. The van der Waals surface area contributed by atoms with Gasteiger partial charge in [-0.15, -0.1) is 0 Å². The summed E-state index contributed by atoms with van der Waals surface area (Å²) >= 11 is 5.89. The Hall–Kier alpha value is -1.68. The summed E-state index contributed by atoms with van der Waals surface area (Å²) in [5.74, 6) is 0.0434. The third-order valence-corrected chi connectivity index (χ3v) is 2.80. The highest BCUT2D eigenvalue weighted by Crippen LogP contribution is 2.36. The number of benzene rings is 2. The molecule has 2 aromatic carbocycles. The second kappa shape index (κ2) is 4.53. The third kappa shape index (κ3) is 2.59. The Morgan fingerprint density at radius 3 is 2.11 bits per heavy atom. The first-order chi connectivity index (χ1) is 8.38. The molecule has 18 heavy (non-hydrogen) atoms. The minimum Gasteiger partial charge on any atom is -0.508 e. The van der Waals surface area contributed by atoms with Crippen LogP contribution in [0.15, 0.2) is 42.5 Å². The summed E-state index contributed by atoms with van der Waals surface area (Å²) in [6.45, 7) is 0. The highest BCUT2D eigenvalue weighted by Gasteiger charge is 2.31. The quantitative estimate of drug-likeness (QED) is 0.795. The van der Waals surface area contributed by atoms with Crippen molar-refractivity contribution in [1.29, 1.82) is 0 Å². The van der Waals surface area contributed by atoms with Crippen molar-refractivity contribution in [1.82, 2.24) is 0 Å². The molecule has 0 saturated heterocycles. The maximum Gasteiger partial charge on any atom is 0.416 e. The van der Waals surface area contributed by atoms with Crippen LogP contribution in [0.1, 0.15) is 5.56 Å². The van der Waals surface area contributed by atoms with E-state index in [4.69, 9.17) is 16.7 Å². The molecular weight excluding hydrogens is 265 g/mol. The zero-order valence-electron chi connectivity index (χ0n) is 9.00. The van der Waals surface area contributed by atoms with E-state index in [1.54, 1.807) is 0 Å². The zero-order chi connectivity index (χ0) is 13.3. The molecule has 0 atom stereocenters. The molecule has 0 amide bonds. The third-order valence-electron chi connectivity index (χ3n) is 2.47. The topological polar surface area (TPSA) is 20.2 Å². The van der Waals surface area contributed by atoms with Crippen LogP contribution in [0.4, 0.5) is 13.2 Å². The minimum atomic E-state index is -4.41. The molecule has 0 aliphatic carbocycles. The summed E-state index contributed by atoms with van der Waals surface area (Å²) in [6.07, 6.45) is -4.41. The highest BCUT2D eigenvalue weighted by atomic mass is 35.5. The second-order valence-electron chi connectivity index (χ2n) is 3.74. The summed E-state index contributed by atoms with van der Waals surface area (Å²) in [5, 5.41) is 9.37. The fourth-order valence-electron chi connectivity index (χ4n) is 1.56. The first kappa shape index (κ1) is 12.8. The average Bonchev–Trinajstić information content (AvgIpc) is 2.29. The summed E-state index contributed by atoms with van der Waals surface area (Å²) in [7, 11) is 0. The molecule has 0 unspecified atom stereocenters. The molecule has 1 N–H and O–H groups in total. The predicted molar refractivity (Wildman–Crippen MR) is 63.6 cm³/mol. The van der Waals surface area contributed by atoms with Gasteiger partial charge in [0.15, 0.2) is 0 Å². The normalized spacial score (nSPS) is 11.6. The lowest BCUT2D eigenvalue weighted by Gasteiger charge is -2.10. The lowest BCUT2D eigenvalue weighted by atomic mass is 10.0. The van der Waals surface area contributed by atoms with Crippen molar-refractivity contribution >= 4 is 11.6 Å². The van der Waals surface area contributed by atoms with Gasteiger partial charge in [0.25, 0.3) is 0 Å². The monoisotopic (exact) mass is 272 g/mol. The number of phenolic OH excluding ortho intramolecular Hbond substituents is 1. The summed E-state index contributed by atoms with van der Waals surface area (Å²) < 4.78 is 37.8. The van der Waals surface area contributed by atoms with E-state index >= 15 is 0 Å². The SMILES string of the molecule is Oc1ccc(-c2cc(C(F)(F)F)ccc2Cl)cc1. The van der Waals surface area contributed by atoms with Crippen LogP contribution in [0.3, 0.4) is 0 Å². The molecule has 0 aliphatic heterocycles. The second-order valence-corrected chi connectivity index (χ2v) is 4.15. The fraction of sp³-hybridized carbons (Fsp3) is 0.0769. The summed E-state index contributed by atoms with van der Waals surface area (Å²) in [4.78, 5) is 0. The number of hydrogen-bond donors (Lipinski definition) is 1. The van der Waals surface area contributed by atoms with Gasteiger partial charge in [-0.2, -0.15) is 13.2 Å².